The van der Waals surface area contributed by atoms with Crippen molar-refractivity contribution in [3.8, 4) is 0 Å². The molecule has 1 aromatic heterocycles. The fourth-order valence-electron chi connectivity index (χ4n) is 6.53. The molecule has 7 nitrogen and oxygen atoms in total. The molecule has 2 heterocycles. The molecule has 0 radical (unpaired) electrons. The van der Waals surface area contributed by atoms with Gasteiger partial charge in [-0.2, -0.15) is 13.2 Å². The highest BCUT2D eigenvalue weighted by Gasteiger charge is 2.50. The highest BCUT2D eigenvalue weighted by molar-refractivity contribution is 6.10. The second-order valence-electron chi connectivity index (χ2n) is 11.6. The molecule has 212 valence electrons. The summed E-state index contributed by atoms with van der Waals surface area (Å²) in [4.78, 5) is 15.0. The van der Waals surface area contributed by atoms with E-state index in [9.17, 15) is 22.4 Å². The molecule has 1 N–H and O–H groups in total. The average Bonchev–Trinajstić information content (AvgIpc) is 3.43. The summed E-state index contributed by atoms with van der Waals surface area (Å²) in [6.45, 7) is 1.46. The number of ether oxygens (including phenoxy) is 1. The molecule has 6 rings (SSSR count). The zero-order valence-corrected chi connectivity index (χ0v) is 22.6. The van der Waals surface area contributed by atoms with Crippen molar-refractivity contribution in [3.05, 3.63) is 76.4 Å². The van der Waals surface area contributed by atoms with Gasteiger partial charge in [0.1, 0.15) is 17.8 Å². The number of anilines is 1. The van der Waals surface area contributed by atoms with Crippen LogP contribution in [0.5, 0.6) is 0 Å². The Morgan fingerprint density at radius 3 is 2.52 bits per heavy atom. The lowest BCUT2D eigenvalue weighted by Gasteiger charge is -2.46. The van der Waals surface area contributed by atoms with Crippen molar-refractivity contribution in [2.24, 2.45) is 7.05 Å². The molecule has 11 heteroatoms. The van der Waals surface area contributed by atoms with Crippen molar-refractivity contribution < 1.29 is 27.1 Å². The van der Waals surface area contributed by atoms with Crippen LogP contribution in [-0.2, 0) is 36.5 Å². The predicted molar refractivity (Wildman–Crippen MR) is 140 cm³/mol. The van der Waals surface area contributed by atoms with Gasteiger partial charge < -0.3 is 19.5 Å². The van der Waals surface area contributed by atoms with Gasteiger partial charge in [0.2, 0.25) is 0 Å². The van der Waals surface area contributed by atoms with Crippen LogP contribution in [0.2, 0.25) is 0 Å². The molecule has 0 saturated heterocycles. The van der Waals surface area contributed by atoms with Gasteiger partial charge in [-0.25, -0.2) is 4.39 Å². The van der Waals surface area contributed by atoms with E-state index in [1.54, 1.807) is 19.5 Å². The fourth-order valence-corrected chi connectivity index (χ4v) is 6.53. The van der Waals surface area contributed by atoms with Gasteiger partial charge in [0.15, 0.2) is 0 Å². The Kier molecular flexibility index (Phi) is 6.30. The molecule has 2 fully saturated rings. The number of nitrogens with zero attached hydrogens (tertiary/aromatic N) is 4. The Morgan fingerprint density at radius 1 is 1.15 bits per heavy atom. The van der Waals surface area contributed by atoms with E-state index in [0.717, 1.165) is 17.5 Å². The monoisotopic (exact) mass is 557 g/mol. The standard InChI is InChI=1S/C29H31F4N5O2/c1-27(30)10-19(11-27)34-14-17-7-22-23(24(8-17)29(31,32)33)15-38(25(22)39)20-6-4-5-18(9-20)28(12-21(13-28)40-3)26-36-35-16-37(26)2/h4-9,16,19,21,34H,10-15H2,1-3H3. The predicted octanol–water partition coefficient (Wildman–Crippen LogP) is 5.07. The maximum atomic E-state index is 14.2. The Labute approximate surface area is 229 Å². The maximum Gasteiger partial charge on any atom is 0.416 e. The van der Waals surface area contributed by atoms with E-state index in [-0.39, 0.29) is 36.4 Å². The lowest BCUT2D eigenvalue weighted by Crippen LogP contribution is -2.48. The van der Waals surface area contributed by atoms with Crippen molar-refractivity contribution >= 4 is 11.6 Å². The quantitative estimate of drug-likeness (QED) is 0.411. The summed E-state index contributed by atoms with van der Waals surface area (Å²) in [5.74, 6) is 0.292. The summed E-state index contributed by atoms with van der Waals surface area (Å²) >= 11 is 0. The topological polar surface area (TPSA) is 72.3 Å². The van der Waals surface area contributed by atoms with Crippen LogP contribution in [0.4, 0.5) is 23.2 Å². The molecule has 2 saturated carbocycles. The third-order valence-electron chi connectivity index (χ3n) is 8.68. The molecule has 40 heavy (non-hydrogen) atoms. The molecule has 2 aliphatic carbocycles. The van der Waals surface area contributed by atoms with E-state index in [1.807, 2.05) is 29.8 Å². The number of hydrogen-bond acceptors (Lipinski definition) is 5. The number of benzene rings is 2. The molecule has 0 spiro atoms. The van der Waals surface area contributed by atoms with Crippen LogP contribution >= 0.6 is 0 Å². The minimum absolute atomic E-state index is 0.0299. The summed E-state index contributed by atoms with van der Waals surface area (Å²) < 4.78 is 63.8. The van der Waals surface area contributed by atoms with Gasteiger partial charge in [-0.05, 0) is 73.6 Å². The molecule has 0 bridgehead atoms. The number of rotatable bonds is 7. The molecular formula is C29H31F4N5O2. The summed E-state index contributed by atoms with van der Waals surface area (Å²) in [6, 6.07) is 9.91. The van der Waals surface area contributed by atoms with Gasteiger partial charge in [0.25, 0.3) is 5.91 Å². The number of carbonyl (C=O) groups is 1. The first-order valence-electron chi connectivity index (χ1n) is 13.4. The third-order valence-corrected chi connectivity index (χ3v) is 8.68. The Hall–Kier alpha value is -3.31. The number of hydrogen-bond donors (Lipinski definition) is 1. The number of fused-ring (bicyclic) bond motifs is 1. The van der Waals surface area contributed by atoms with Gasteiger partial charge in [-0.15, -0.1) is 10.2 Å². The SMILES string of the molecule is COC1CC(c2cccc(N3Cc4c(cc(CNC5CC(C)(F)C5)cc4C(F)(F)F)C3=O)c2)(c2nncn2C)C1. The van der Waals surface area contributed by atoms with Crippen molar-refractivity contribution in [2.45, 2.75) is 75.1 Å². The lowest BCUT2D eigenvalue weighted by molar-refractivity contribution is -0.138. The minimum atomic E-state index is -4.62. The van der Waals surface area contributed by atoms with Gasteiger partial charge in [-0.3, -0.25) is 4.79 Å². The van der Waals surface area contributed by atoms with E-state index in [0.29, 0.717) is 36.9 Å². The molecule has 1 amide bonds. The van der Waals surface area contributed by atoms with E-state index >= 15 is 0 Å². The van der Waals surface area contributed by atoms with E-state index in [4.69, 9.17) is 4.74 Å². The number of halogens is 4. The van der Waals surface area contributed by atoms with Crippen LogP contribution in [0.1, 0.15) is 71.0 Å². The molecule has 0 unspecified atom stereocenters. The van der Waals surface area contributed by atoms with Gasteiger partial charge in [-0.1, -0.05) is 12.1 Å². The summed E-state index contributed by atoms with van der Waals surface area (Å²) in [6.07, 6.45) is -0.980. The number of aryl methyl sites for hydroxylation is 1. The Morgan fingerprint density at radius 2 is 1.90 bits per heavy atom. The second-order valence-corrected chi connectivity index (χ2v) is 11.6. The molecular weight excluding hydrogens is 526 g/mol. The Balaban J connectivity index is 1.31. The van der Waals surface area contributed by atoms with E-state index in [1.165, 1.54) is 17.9 Å². The van der Waals surface area contributed by atoms with E-state index < -0.39 is 28.7 Å². The van der Waals surface area contributed by atoms with Gasteiger partial charge in [0.05, 0.1) is 23.6 Å². The minimum Gasteiger partial charge on any atom is -0.381 e. The highest BCUT2D eigenvalue weighted by Crippen LogP contribution is 2.50. The molecule has 2 aromatic carbocycles. The maximum absolute atomic E-state index is 14.2. The zero-order valence-electron chi connectivity index (χ0n) is 22.6. The van der Waals surface area contributed by atoms with Crippen LogP contribution in [0, 0.1) is 0 Å². The van der Waals surface area contributed by atoms with Crippen LogP contribution in [0.25, 0.3) is 0 Å². The fraction of sp³-hybridized carbons (Fsp3) is 0.483. The van der Waals surface area contributed by atoms with Gasteiger partial charge in [0, 0.05) is 38.0 Å². The van der Waals surface area contributed by atoms with Crippen LogP contribution in [0.3, 0.4) is 0 Å². The normalized spacial score (nSPS) is 27.9. The highest BCUT2D eigenvalue weighted by atomic mass is 19.4. The number of carbonyl (C=O) groups excluding carboxylic acids is 1. The molecule has 1 aliphatic heterocycles. The number of amides is 1. The first-order valence-corrected chi connectivity index (χ1v) is 13.4. The molecule has 3 aliphatic rings. The summed E-state index contributed by atoms with van der Waals surface area (Å²) in [5.41, 5.74) is -0.744. The zero-order chi connectivity index (χ0) is 28.4. The van der Waals surface area contributed by atoms with Crippen LogP contribution in [0.15, 0.2) is 42.7 Å². The largest absolute Gasteiger partial charge is 0.416 e. The van der Waals surface area contributed by atoms with Crippen molar-refractivity contribution in [1.82, 2.24) is 20.1 Å². The first-order chi connectivity index (χ1) is 18.9. The third kappa shape index (κ3) is 4.49. The molecule has 3 aromatic rings. The van der Waals surface area contributed by atoms with Gasteiger partial charge >= 0.3 is 6.18 Å². The van der Waals surface area contributed by atoms with Crippen LogP contribution in [-0.4, -0.2) is 45.6 Å². The second kappa shape index (κ2) is 9.37. The Bertz CT molecular complexity index is 1450. The number of aromatic nitrogens is 3. The van der Waals surface area contributed by atoms with Crippen molar-refractivity contribution in [1.29, 1.82) is 0 Å². The summed E-state index contributed by atoms with van der Waals surface area (Å²) in [5, 5.41) is 11.5. The smallest absolute Gasteiger partial charge is 0.381 e. The lowest BCUT2D eigenvalue weighted by atomic mass is 9.62. The van der Waals surface area contributed by atoms with Crippen molar-refractivity contribution in [3.63, 3.8) is 0 Å². The summed E-state index contributed by atoms with van der Waals surface area (Å²) in [7, 11) is 3.53. The van der Waals surface area contributed by atoms with Crippen LogP contribution < -0.4 is 10.2 Å². The first kappa shape index (κ1) is 26.9. The number of nitrogens with one attached hydrogen (secondary N) is 1. The molecule has 0 atom stereocenters. The number of alkyl halides is 4. The number of methoxy groups -OCH3 is 1. The average molecular weight is 558 g/mol. The van der Waals surface area contributed by atoms with Crippen molar-refractivity contribution in [2.75, 3.05) is 12.0 Å². The van der Waals surface area contributed by atoms with E-state index in [2.05, 4.69) is 15.5 Å².